The van der Waals surface area contributed by atoms with E-state index in [-0.39, 0.29) is 0 Å². The average molecular weight is 132 g/mol. The van der Waals surface area contributed by atoms with E-state index in [1.807, 2.05) is 0 Å². The van der Waals surface area contributed by atoms with Crippen molar-refractivity contribution in [2.24, 2.45) is 5.92 Å². The quantitative estimate of drug-likeness (QED) is 0.561. The highest BCUT2D eigenvalue weighted by atomic mass is 16.5. The van der Waals surface area contributed by atoms with E-state index in [0.717, 1.165) is 18.9 Å². The zero-order valence-electron chi connectivity index (χ0n) is 7.40. The van der Waals surface area contributed by atoms with E-state index in [1.54, 1.807) is 7.11 Å². The van der Waals surface area contributed by atoms with Crippen LogP contribution in [0.25, 0.3) is 0 Å². The number of ether oxygens (including phenoxy) is 1. The molecule has 1 nitrogen and oxygen atoms in total. The van der Waals surface area contributed by atoms with Crippen LogP contribution in [0, 0.1) is 5.92 Å². The van der Waals surface area contributed by atoms with E-state index in [1.165, 1.54) is 0 Å². The summed E-state index contributed by atoms with van der Waals surface area (Å²) in [4.78, 5) is 0. The van der Waals surface area contributed by atoms with Crippen molar-refractivity contribution in [1.29, 1.82) is 0 Å². The molecule has 1 heteroatoms. The summed E-state index contributed by atoms with van der Waals surface area (Å²) in [5.74, 6) is 0.833. The molecule has 0 saturated heterocycles. The maximum absolute atomic E-state index is 4.69. The molecule has 0 amide bonds. The van der Waals surface area contributed by atoms with Crippen LogP contribution in [0.5, 0.6) is 0 Å². The van der Waals surface area contributed by atoms with Gasteiger partial charge in [0.15, 0.2) is 0 Å². The van der Waals surface area contributed by atoms with Gasteiger partial charge in [-0.25, -0.2) is 0 Å². The average Bonchev–Trinajstić information content (AvgIpc) is 1.66. The first-order valence-corrected chi connectivity index (χ1v) is 3.64. The van der Waals surface area contributed by atoms with Crippen LogP contribution < -0.4 is 0 Å². The Balaban J connectivity index is 0. The van der Waals surface area contributed by atoms with Gasteiger partial charge in [-0.2, -0.15) is 0 Å². The van der Waals surface area contributed by atoms with Gasteiger partial charge in [0.05, 0.1) is 0 Å². The van der Waals surface area contributed by atoms with Gasteiger partial charge in [0, 0.05) is 13.7 Å². The standard InChI is InChI=1S/C4H10O.C4H10/c1-3-4-5-2;1-4(2)3/h3-4H2,1-2H3;4H,1-3H3. The van der Waals surface area contributed by atoms with E-state index < -0.39 is 0 Å². The number of rotatable bonds is 2. The van der Waals surface area contributed by atoms with Crippen LogP contribution in [0.4, 0.5) is 0 Å². The van der Waals surface area contributed by atoms with E-state index in [2.05, 4.69) is 27.7 Å². The number of methoxy groups -OCH3 is 1. The fourth-order valence-corrected chi connectivity index (χ4v) is 0.204. The molecule has 58 valence electrons. The SMILES string of the molecule is CC(C)C.CCCOC. The Labute approximate surface area is 59.4 Å². The summed E-state index contributed by atoms with van der Waals surface area (Å²) in [5.41, 5.74) is 0. The third-order valence-corrected chi connectivity index (χ3v) is 0.408. The normalized spacial score (nSPS) is 8.67. The smallest absolute Gasteiger partial charge is 0.0459 e. The van der Waals surface area contributed by atoms with Crippen molar-refractivity contribution in [2.75, 3.05) is 13.7 Å². The summed E-state index contributed by atoms with van der Waals surface area (Å²) in [6.07, 6.45) is 1.12. The molecule has 0 aromatic rings. The van der Waals surface area contributed by atoms with Gasteiger partial charge in [-0.05, 0) is 12.3 Å². The Morgan fingerprint density at radius 1 is 1.22 bits per heavy atom. The van der Waals surface area contributed by atoms with Crippen LogP contribution in [-0.4, -0.2) is 13.7 Å². The largest absolute Gasteiger partial charge is 0.385 e. The Morgan fingerprint density at radius 3 is 1.56 bits per heavy atom. The molecule has 0 spiro atoms. The summed E-state index contributed by atoms with van der Waals surface area (Å²) in [6.45, 7) is 9.48. The molecule has 0 fully saturated rings. The summed E-state index contributed by atoms with van der Waals surface area (Å²) >= 11 is 0. The highest BCUT2D eigenvalue weighted by Crippen LogP contribution is 1.81. The minimum absolute atomic E-state index is 0.833. The first kappa shape index (κ1) is 11.7. The van der Waals surface area contributed by atoms with Crippen LogP contribution in [0.3, 0.4) is 0 Å². The van der Waals surface area contributed by atoms with Crippen molar-refractivity contribution < 1.29 is 4.74 Å². The molecule has 0 saturated carbocycles. The second-order valence-electron chi connectivity index (χ2n) is 2.72. The molecule has 0 bridgehead atoms. The van der Waals surface area contributed by atoms with Crippen LogP contribution in [0.15, 0.2) is 0 Å². The van der Waals surface area contributed by atoms with Crippen molar-refractivity contribution in [2.45, 2.75) is 34.1 Å². The maximum Gasteiger partial charge on any atom is 0.0459 e. The van der Waals surface area contributed by atoms with Crippen molar-refractivity contribution in [1.82, 2.24) is 0 Å². The predicted octanol–water partition coefficient (Wildman–Crippen LogP) is 2.71. The summed E-state index contributed by atoms with van der Waals surface area (Å²) in [5, 5.41) is 0. The molecule has 0 rings (SSSR count). The number of hydrogen-bond donors (Lipinski definition) is 0. The van der Waals surface area contributed by atoms with Crippen molar-refractivity contribution >= 4 is 0 Å². The zero-order chi connectivity index (χ0) is 7.70. The fourth-order valence-electron chi connectivity index (χ4n) is 0.204. The molecule has 0 aromatic heterocycles. The second kappa shape index (κ2) is 10.9. The molecular weight excluding hydrogens is 112 g/mol. The fraction of sp³-hybridized carbons (Fsp3) is 1.00. The van der Waals surface area contributed by atoms with Gasteiger partial charge in [0.25, 0.3) is 0 Å². The minimum Gasteiger partial charge on any atom is -0.385 e. The lowest BCUT2D eigenvalue weighted by Gasteiger charge is -1.84. The van der Waals surface area contributed by atoms with Gasteiger partial charge < -0.3 is 4.74 Å². The van der Waals surface area contributed by atoms with E-state index in [4.69, 9.17) is 4.74 Å². The molecule has 0 aromatic carbocycles. The summed E-state index contributed by atoms with van der Waals surface area (Å²) < 4.78 is 4.69. The summed E-state index contributed by atoms with van der Waals surface area (Å²) in [6, 6.07) is 0. The lowest BCUT2D eigenvalue weighted by atomic mass is 10.3. The van der Waals surface area contributed by atoms with E-state index in [9.17, 15) is 0 Å². The van der Waals surface area contributed by atoms with Gasteiger partial charge >= 0.3 is 0 Å². The van der Waals surface area contributed by atoms with Gasteiger partial charge in [0.1, 0.15) is 0 Å². The van der Waals surface area contributed by atoms with Crippen LogP contribution in [0.1, 0.15) is 34.1 Å². The number of hydrogen-bond acceptors (Lipinski definition) is 1. The third kappa shape index (κ3) is 73.6. The first-order chi connectivity index (χ1) is 4.15. The molecule has 9 heavy (non-hydrogen) atoms. The van der Waals surface area contributed by atoms with E-state index >= 15 is 0 Å². The summed E-state index contributed by atoms with van der Waals surface area (Å²) in [7, 11) is 1.71. The van der Waals surface area contributed by atoms with Gasteiger partial charge in [-0.1, -0.05) is 27.7 Å². The van der Waals surface area contributed by atoms with Gasteiger partial charge in [-0.3, -0.25) is 0 Å². The molecule has 0 aliphatic heterocycles. The zero-order valence-corrected chi connectivity index (χ0v) is 7.40. The van der Waals surface area contributed by atoms with E-state index in [0.29, 0.717) is 0 Å². The lowest BCUT2D eigenvalue weighted by Crippen LogP contribution is -1.80. The predicted molar refractivity (Wildman–Crippen MR) is 42.7 cm³/mol. The topological polar surface area (TPSA) is 9.23 Å². The molecule has 0 aliphatic rings. The Hall–Kier alpha value is -0.0400. The molecule has 0 radical (unpaired) electrons. The molecule has 0 heterocycles. The molecule has 0 aliphatic carbocycles. The second-order valence-corrected chi connectivity index (χ2v) is 2.72. The van der Waals surface area contributed by atoms with Gasteiger partial charge in [-0.15, -0.1) is 0 Å². The Bertz CT molecular complexity index is 28.8. The van der Waals surface area contributed by atoms with Crippen molar-refractivity contribution in [3.8, 4) is 0 Å². The highest BCUT2D eigenvalue weighted by molar-refractivity contribution is 4.20. The Morgan fingerprint density at radius 2 is 1.56 bits per heavy atom. The monoisotopic (exact) mass is 132 g/mol. The molecule has 0 unspecified atom stereocenters. The maximum atomic E-state index is 4.69. The molecule has 0 atom stereocenters. The van der Waals surface area contributed by atoms with Gasteiger partial charge in [0.2, 0.25) is 0 Å². The van der Waals surface area contributed by atoms with Crippen molar-refractivity contribution in [3.05, 3.63) is 0 Å². The minimum atomic E-state index is 0.833. The Kier molecular flexibility index (Phi) is 14.1. The van der Waals surface area contributed by atoms with Crippen LogP contribution >= 0.6 is 0 Å². The van der Waals surface area contributed by atoms with Crippen LogP contribution in [0.2, 0.25) is 0 Å². The third-order valence-electron chi connectivity index (χ3n) is 0.408. The van der Waals surface area contributed by atoms with Crippen LogP contribution in [-0.2, 0) is 4.74 Å². The lowest BCUT2D eigenvalue weighted by molar-refractivity contribution is 0.199. The molecular formula is C8H20O. The first-order valence-electron chi connectivity index (χ1n) is 3.64. The molecule has 0 N–H and O–H groups in total. The van der Waals surface area contributed by atoms with Crippen molar-refractivity contribution in [3.63, 3.8) is 0 Å². The highest BCUT2D eigenvalue weighted by Gasteiger charge is 1.68.